The summed E-state index contributed by atoms with van der Waals surface area (Å²) in [5, 5.41) is 12.7. The van der Waals surface area contributed by atoms with E-state index in [1.165, 1.54) is 22.8 Å². The molecule has 39 heavy (non-hydrogen) atoms. The minimum Gasteiger partial charge on any atom is -0.503 e. The Morgan fingerprint density at radius 3 is 2.56 bits per heavy atom. The molecule has 2 aromatic carbocycles. The van der Waals surface area contributed by atoms with Crippen LogP contribution in [0.5, 0.6) is 11.5 Å². The molecule has 204 valence electrons. The molecule has 4 aromatic rings. The molecule has 0 atom stereocenters. The predicted octanol–water partition coefficient (Wildman–Crippen LogP) is 4.83. The van der Waals surface area contributed by atoms with Gasteiger partial charge in [-0.2, -0.15) is 0 Å². The van der Waals surface area contributed by atoms with Crippen LogP contribution in [0.3, 0.4) is 0 Å². The van der Waals surface area contributed by atoms with Crippen LogP contribution >= 0.6 is 22.9 Å². The molecule has 1 amide bonds. The van der Waals surface area contributed by atoms with E-state index >= 15 is 0 Å². The molecule has 2 heterocycles. The smallest absolute Gasteiger partial charge is 0.407 e. The van der Waals surface area contributed by atoms with E-state index in [1.807, 2.05) is 0 Å². The first-order valence-corrected chi connectivity index (χ1v) is 13.4. The molecule has 0 aliphatic rings. The fourth-order valence-electron chi connectivity index (χ4n) is 3.78. The second-order valence-corrected chi connectivity index (χ2v) is 11.2. The molecule has 0 aliphatic heterocycles. The summed E-state index contributed by atoms with van der Waals surface area (Å²) in [7, 11) is 1.42. The number of carbonyl (C=O) groups is 2. The Bertz CT molecular complexity index is 1640. The van der Waals surface area contributed by atoms with E-state index in [-0.39, 0.29) is 34.3 Å². The van der Waals surface area contributed by atoms with Gasteiger partial charge >= 0.3 is 6.09 Å². The number of phenolic OH excluding ortho intramolecular Hbond substituents is 1. The molecule has 0 radical (unpaired) electrons. The number of ketones is 1. The molecule has 9 nitrogen and oxygen atoms in total. The van der Waals surface area contributed by atoms with Crippen LogP contribution in [0, 0.1) is 0 Å². The summed E-state index contributed by atoms with van der Waals surface area (Å²) in [6.45, 7) is 5.71. The third-order valence-electron chi connectivity index (χ3n) is 5.62. The first kappa shape index (κ1) is 28.1. The Balaban J connectivity index is 1.43. The number of benzene rings is 2. The fraction of sp³-hybridized carbons (Fsp3) is 0.286. The topological polar surface area (TPSA) is 119 Å². The summed E-state index contributed by atoms with van der Waals surface area (Å²) in [5.74, 6) is 0.0165. The standard InChI is InChI=1S/C28H28ClN3O6S/c1-28(2,3)38-27(36)30-11-5-6-21(33)18-9-7-17(8-10-18)20-15-32-25(35)23(39-26(32)31-20)14-16-12-19(29)24(34)22(13-16)37-4/h7-10,12-15,34H,5-6,11H2,1-4H3,(H,30,36)/b23-14-. The van der Waals surface area contributed by atoms with E-state index in [9.17, 15) is 19.5 Å². The summed E-state index contributed by atoms with van der Waals surface area (Å²) < 4.78 is 12.2. The van der Waals surface area contributed by atoms with Gasteiger partial charge in [-0.15, -0.1) is 0 Å². The largest absolute Gasteiger partial charge is 0.503 e. The number of rotatable bonds is 8. The molecule has 0 saturated heterocycles. The highest BCUT2D eigenvalue weighted by Gasteiger charge is 2.16. The summed E-state index contributed by atoms with van der Waals surface area (Å²) in [4.78, 5) is 42.3. The molecule has 11 heteroatoms. The number of fused-ring (bicyclic) bond motifs is 1. The van der Waals surface area contributed by atoms with Crippen molar-refractivity contribution in [2.24, 2.45) is 0 Å². The van der Waals surface area contributed by atoms with Gasteiger partial charge in [0.1, 0.15) is 5.60 Å². The quantitative estimate of drug-likeness (QED) is 0.230. The zero-order chi connectivity index (χ0) is 28.3. The Morgan fingerprint density at radius 1 is 1.21 bits per heavy atom. The monoisotopic (exact) mass is 569 g/mol. The number of halogens is 1. The average molecular weight is 570 g/mol. The number of alkyl carbamates (subject to hydrolysis) is 1. The van der Waals surface area contributed by atoms with Gasteiger partial charge in [-0.05, 0) is 51.0 Å². The van der Waals surface area contributed by atoms with Crippen molar-refractivity contribution < 1.29 is 24.2 Å². The van der Waals surface area contributed by atoms with Gasteiger partial charge in [0.25, 0.3) is 5.56 Å². The van der Waals surface area contributed by atoms with Gasteiger partial charge in [0, 0.05) is 30.3 Å². The van der Waals surface area contributed by atoms with Crippen LogP contribution in [-0.2, 0) is 4.74 Å². The minimum absolute atomic E-state index is 0.0358. The van der Waals surface area contributed by atoms with Crippen molar-refractivity contribution >= 4 is 45.9 Å². The maximum atomic E-state index is 13.0. The van der Waals surface area contributed by atoms with Crippen molar-refractivity contribution in [3.8, 4) is 22.8 Å². The number of carbonyl (C=O) groups excluding carboxylic acids is 2. The molecule has 0 spiro atoms. The molecule has 0 fully saturated rings. The van der Waals surface area contributed by atoms with Crippen molar-refractivity contribution in [2.75, 3.05) is 13.7 Å². The van der Waals surface area contributed by atoms with Crippen molar-refractivity contribution in [1.82, 2.24) is 14.7 Å². The maximum Gasteiger partial charge on any atom is 0.407 e. The van der Waals surface area contributed by atoms with Crippen molar-refractivity contribution in [1.29, 1.82) is 0 Å². The fourth-order valence-corrected chi connectivity index (χ4v) is 4.96. The first-order chi connectivity index (χ1) is 18.4. The Morgan fingerprint density at radius 2 is 1.92 bits per heavy atom. The number of amides is 1. The highest BCUT2D eigenvalue weighted by atomic mass is 35.5. The molecular formula is C28H28ClN3O6S. The molecule has 0 aliphatic carbocycles. The van der Waals surface area contributed by atoms with Gasteiger partial charge in [0.05, 0.1) is 22.4 Å². The van der Waals surface area contributed by atoms with E-state index in [1.54, 1.807) is 69.4 Å². The van der Waals surface area contributed by atoms with Crippen LogP contribution in [0.15, 0.2) is 47.4 Å². The Hall–Kier alpha value is -3.89. The third kappa shape index (κ3) is 6.76. The lowest BCUT2D eigenvalue weighted by atomic mass is 10.0. The van der Waals surface area contributed by atoms with Gasteiger partial charge in [0.15, 0.2) is 22.2 Å². The average Bonchev–Trinajstić information content (AvgIpc) is 3.42. The number of Topliss-reactive ketones (excluding diaryl/α,β-unsaturated/α-hetero) is 1. The van der Waals surface area contributed by atoms with Crippen LogP contribution in [0.1, 0.15) is 49.5 Å². The van der Waals surface area contributed by atoms with Gasteiger partial charge in [-0.25, -0.2) is 9.78 Å². The van der Waals surface area contributed by atoms with E-state index in [4.69, 9.17) is 21.1 Å². The van der Waals surface area contributed by atoms with Crippen LogP contribution in [0.4, 0.5) is 4.79 Å². The van der Waals surface area contributed by atoms with Crippen LogP contribution < -0.4 is 20.1 Å². The number of hydrogen-bond donors (Lipinski definition) is 2. The SMILES string of the molecule is COc1cc(/C=c2\sc3nc(-c4ccc(C(=O)CCCNC(=O)OC(C)(C)C)cc4)cn3c2=O)cc(Cl)c1O. The van der Waals surface area contributed by atoms with Crippen LogP contribution in [-0.4, -0.2) is 45.6 Å². The molecule has 0 bridgehead atoms. The Kier molecular flexibility index (Phi) is 8.27. The molecule has 4 rings (SSSR count). The van der Waals surface area contributed by atoms with Crippen molar-refractivity contribution in [2.45, 2.75) is 39.2 Å². The number of nitrogens with one attached hydrogen (secondary N) is 1. The number of phenols is 1. The Labute approximate surface area is 233 Å². The summed E-state index contributed by atoms with van der Waals surface area (Å²) in [5.41, 5.74) is 1.75. The second-order valence-electron chi connectivity index (χ2n) is 9.78. The first-order valence-electron chi connectivity index (χ1n) is 12.2. The lowest BCUT2D eigenvalue weighted by Crippen LogP contribution is -2.33. The highest BCUT2D eigenvalue weighted by molar-refractivity contribution is 7.15. The summed E-state index contributed by atoms with van der Waals surface area (Å²) in [6, 6.07) is 10.2. The summed E-state index contributed by atoms with van der Waals surface area (Å²) in [6.07, 6.45) is 3.60. The van der Waals surface area contributed by atoms with Crippen LogP contribution in [0.25, 0.3) is 22.3 Å². The number of aromatic hydroxyl groups is 1. The molecule has 0 unspecified atom stereocenters. The number of thiazole rings is 1. The second kappa shape index (κ2) is 11.5. The predicted molar refractivity (Wildman–Crippen MR) is 151 cm³/mol. The molecule has 2 N–H and O–H groups in total. The number of aromatic nitrogens is 2. The lowest BCUT2D eigenvalue weighted by molar-refractivity contribution is 0.0525. The third-order valence-corrected chi connectivity index (χ3v) is 6.90. The molecule has 0 saturated carbocycles. The van der Waals surface area contributed by atoms with E-state index < -0.39 is 11.7 Å². The van der Waals surface area contributed by atoms with Gasteiger partial charge < -0.3 is 19.9 Å². The minimum atomic E-state index is -0.570. The van der Waals surface area contributed by atoms with Gasteiger partial charge in [-0.1, -0.05) is 47.2 Å². The zero-order valence-electron chi connectivity index (χ0n) is 21.9. The van der Waals surface area contributed by atoms with E-state index in [2.05, 4.69) is 10.3 Å². The zero-order valence-corrected chi connectivity index (χ0v) is 23.5. The molecular weight excluding hydrogens is 542 g/mol. The number of imidazole rings is 1. The van der Waals surface area contributed by atoms with Crippen LogP contribution in [0.2, 0.25) is 5.02 Å². The van der Waals surface area contributed by atoms with Gasteiger partial charge in [0.2, 0.25) is 0 Å². The summed E-state index contributed by atoms with van der Waals surface area (Å²) >= 11 is 7.29. The number of methoxy groups -OCH3 is 1. The lowest BCUT2D eigenvalue weighted by Gasteiger charge is -2.19. The van der Waals surface area contributed by atoms with E-state index in [0.29, 0.717) is 39.3 Å². The number of hydrogen-bond acceptors (Lipinski definition) is 8. The maximum absolute atomic E-state index is 13.0. The van der Waals surface area contributed by atoms with E-state index in [0.717, 1.165) is 5.56 Å². The van der Waals surface area contributed by atoms with Crippen molar-refractivity contribution in [3.05, 3.63) is 73.6 Å². The number of ether oxygens (including phenoxy) is 2. The number of nitrogens with zero attached hydrogens (tertiary/aromatic N) is 2. The van der Waals surface area contributed by atoms with Crippen molar-refractivity contribution in [3.63, 3.8) is 0 Å². The highest BCUT2D eigenvalue weighted by Crippen LogP contribution is 2.35. The normalized spacial score (nSPS) is 12.1. The van der Waals surface area contributed by atoms with Gasteiger partial charge in [-0.3, -0.25) is 14.0 Å². The molecule has 2 aromatic heterocycles.